The molecule has 3 heterocycles. The van der Waals surface area contributed by atoms with E-state index in [-0.39, 0.29) is 5.56 Å². The Labute approximate surface area is 97.5 Å². The number of carbonyl (C=O) groups is 1. The maximum atomic E-state index is 10.9. The predicted molar refractivity (Wildman–Crippen MR) is 61.9 cm³/mol. The van der Waals surface area contributed by atoms with Crippen LogP contribution in [0, 0.1) is 0 Å². The average Bonchev–Trinajstić information content (AvgIpc) is 2.35. The molecule has 1 aliphatic rings. The van der Waals surface area contributed by atoms with Crippen LogP contribution >= 0.6 is 0 Å². The molecule has 0 saturated heterocycles. The molecule has 0 amide bonds. The van der Waals surface area contributed by atoms with Crippen molar-refractivity contribution in [1.29, 1.82) is 0 Å². The SMILES string of the molecule is O=C(O)c1cnc2nc3c(cc2c1)CNCC3. The quantitative estimate of drug-likeness (QED) is 0.762. The number of fused-ring (bicyclic) bond motifs is 2. The normalized spacial score (nSPS) is 14.6. The number of carboxylic acid groups (broad SMARTS) is 1. The summed E-state index contributed by atoms with van der Waals surface area (Å²) < 4.78 is 0. The molecule has 0 spiro atoms. The Balaban J connectivity index is 2.20. The Morgan fingerprint density at radius 1 is 1.41 bits per heavy atom. The zero-order valence-corrected chi connectivity index (χ0v) is 9.10. The molecule has 17 heavy (non-hydrogen) atoms. The maximum Gasteiger partial charge on any atom is 0.337 e. The summed E-state index contributed by atoms with van der Waals surface area (Å²) in [6.45, 7) is 1.72. The molecule has 86 valence electrons. The highest BCUT2D eigenvalue weighted by Crippen LogP contribution is 2.18. The van der Waals surface area contributed by atoms with Gasteiger partial charge in [-0.25, -0.2) is 14.8 Å². The molecule has 0 bridgehead atoms. The number of aromatic carboxylic acids is 1. The molecule has 0 saturated carbocycles. The van der Waals surface area contributed by atoms with Gasteiger partial charge < -0.3 is 10.4 Å². The van der Waals surface area contributed by atoms with Crippen LogP contribution in [-0.2, 0) is 13.0 Å². The van der Waals surface area contributed by atoms with Crippen LogP contribution in [-0.4, -0.2) is 27.6 Å². The highest BCUT2D eigenvalue weighted by Gasteiger charge is 2.13. The van der Waals surface area contributed by atoms with Crippen molar-refractivity contribution < 1.29 is 9.90 Å². The van der Waals surface area contributed by atoms with E-state index in [2.05, 4.69) is 15.3 Å². The summed E-state index contributed by atoms with van der Waals surface area (Å²) in [5, 5.41) is 13.0. The molecule has 0 fully saturated rings. The number of hydrogen-bond donors (Lipinski definition) is 2. The second-order valence-electron chi connectivity index (χ2n) is 4.10. The van der Waals surface area contributed by atoms with Crippen LogP contribution in [0.5, 0.6) is 0 Å². The number of pyridine rings is 2. The van der Waals surface area contributed by atoms with Gasteiger partial charge >= 0.3 is 5.97 Å². The van der Waals surface area contributed by atoms with Crippen molar-refractivity contribution in [3.05, 3.63) is 35.2 Å². The van der Waals surface area contributed by atoms with Gasteiger partial charge in [-0.2, -0.15) is 0 Å². The molecular formula is C12H11N3O2. The van der Waals surface area contributed by atoms with Crippen LogP contribution in [0.1, 0.15) is 21.6 Å². The van der Waals surface area contributed by atoms with Crippen LogP contribution in [0.2, 0.25) is 0 Å². The number of nitrogens with zero attached hydrogens (tertiary/aromatic N) is 2. The zero-order chi connectivity index (χ0) is 11.8. The molecule has 0 atom stereocenters. The van der Waals surface area contributed by atoms with E-state index in [9.17, 15) is 4.79 Å². The highest BCUT2D eigenvalue weighted by molar-refractivity contribution is 5.91. The maximum absolute atomic E-state index is 10.9. The third-order valence-corrected chi connectivity index (χ3v) is 2.94. The van der Waals surface area contributed by atoms with Gasteiger partial charge in [-0.3, -0.25) is 0 Å². The van der Waals surface area contributed by atoms with Gasteiger partial charge in [0.25, 0.3) is 0 Å². The van der Waals surface area contributed by atoms with Crippen molar-refractivity contribution in [2.24, 2.45) is 0 Å². The lowest BCUT2D eigenvalue weighted by molar-refractivity contribution is 0.0696. The summed E-state index contributed by atoms with van der Waals surface area (Å²) in [5.41, 5.74) is 3.01. The summed E-state index contributed by atoms with van der Waals surface area (Å²) in [4.78, 5) is 19.4. The Morgan fingerprint density at radius 3 is 3.12 bits per heavy atom. The van der Waals surface area contributed by atoms with E-state index < -0.39 is 5.97 Å². The summed E-state index contributed by atoms with van der Waals surface area (Å²) in [7, 11) is 0. The van der Waals surface area contributed by atoms with Crippen molar-refractivity contribution >= 4 is 17.0 Å². The van der Waals surface area contributed by atoms with E-state index >= 15 is 0 Å². The first kappa shape index (κ1) is 10.2. The van der Waals surface area contributed by atoms with Crippen LogP contribution in [0.4, 0.5) is 0 Å². The Hall–Kier alpha value is -2.01. The molecule has 5 nitrogen and oxygen atoms in total. The van der Waals surface area contributed by atoms with Crippen molar-refractivity contribution in [2.45, 2.75) is 13.0 Å². The molecule has 0 aliphatic carbocycles. The van der Waals surface area contributed by atoms with Crippen molar-refractivity contribution in [2.75, 3.05) is 6.54 Å². The molecule has 2 N–H and O–H groups in total. The smallest absolute Gasteiger partial charge is 0.337 e. The third-order valence-electron chi connectivity index (χ3n) is 2.94. The fraction of sp³-hybridized carbons (Fsp3) is 0.250. The molecule has 0 aromatic carbocycles. The van der Waals surface area contributed by atoms with Gasteiger partial charge in [-0.1, -0.05) is 0 Å². The lowest BCUT2D eigenvalue weighted by Crippen LogP contribution is -2.24. The van der Waals surface area contributed by atoms with Crippen LogP contribution in [0.15, 0.2) is 18.3 Å². The van der Waals surface area contributed by atoms with Crippen LogP contribution in [0.25, 0.3) is 11.0 Å². The highest BCUT2D eigenvalue weighted by atomic mass is 16.4. The first-order chi connectivity index (χ1) is 8.24. The molecule has 1 aliphatic heterocycles. The van der Waals surface area contributed by atoms with Gasteiger partial charge in [0.1, 0.15) is 0 Å². The monoisotopic (exact) mass is 229 g/mol. The van der Waals surface area contributed by atoms with Crippen LogP contribution in [0.3, 0.4) is 0 Å². The molecule has 3 rings (SSSR count). The summed E-state index contributed by atoms with van der Waals surface area (Å²) in [6.07, 6.45) is 2.25. The fourth-order valence-corrected chi connectivity index (χ4v) is 2.06. The largest absolute Gasteiger partial charge is 0.478 e. The number of carboxylic acids is 1. The minimum atomic E-state index is -0.963. The number of nitrogens with one attached hydrogen (secondary N) is 1. The first-order valence-corrected chi connectivity index (χ1v) is 5.46. The molecule has 2 aromatic rings. The lowest BCUT2D eigenvalue weighted by atomic mass is 10.1. The summed E-state index contributed by atoms with van der Waals surface area (Å²) in [6, 6.07) is 3.59. The van der Waals surface area contributed by atoms with E-state index in [0.717, 1.165) is 36.2 Å². The van der Waals surface area contributed by atoms with Gasteiger partial charge in [0.15, 0.2) is 5.65 Å². The van der Waals surface area contributed by atoms with Crippen molar-refractivity contribution in [1.82, 2.24) is 15.3 Å². The van der Waals surface area contributed by atoms with Gasteiger partial charge in [0.2, 0.25) is 0 Å². The van der Waals surface area contributed by atoms with E-state index in [0.29, 0.717) is 5.65 Å². The minimum Gasteiger partial charge on any atom is -0.478 e. The van der Waals surface area contributed by atoms with Gasteiger partial charge in [0.05, 0.1) is 5.56 Å². The van der Waals surface area contributed by atoms with Gasteiger partial charge in [0, 0.05) is 36.8 Å². The van der Waals surface area contributed by atoms with Gasteiger partial charge in [-0.15, -0.1) is 0 Å². The fourth-order valence-electron chi connectivity index (χ4n) is 2.06. The second-order valence-corrected chi connectivity index (χ2v) is 4.10. The molecule has 5 heteroatoms. The first-order valence-electron chi connectivity index (χ1n) is 5.46. The standard InChI is InChI=1S/C12H11N3O2/c16-12(17)9-4-7-3-8-5-13-2-1-10(8)15-11(7)14-6-9/h3-4,6,13H,1-2,5H2,(H,16,17). The van der Waals surface area contributed by atoms with Crippen LogP contribution < -0.4 is 5.32 Å². The Morgan fingerprint density at radius 2 is 2.29 bits per heavy atom. The number of aromatic nitrogens is 2. The molecule has 0 radical (unpaired) electrons. The minimum absolute atomic E-state index is 0.197. The topological polar surface area (TPSA) is 75.1 Å². The molecular weight excluding hydrogens is 218 g/mol. The summed E-state index contributed by atoms with van der Waals surface area (Å²) in [5.74, 6) is -0.963. The number of rotatable bonds is 1. The van der Waals surface area contributed by atoms with Gasteiger partial charge in [-0.05, 0) is 17.7 Å². The van der Waals surface area contributed by atoms with Crippen molar-refractivity contribution in [3.63, 3.8) is 0 Å². The average molecular weight is 229 g/mol. The van der Waals surface area contributed by atoms with E-state index in [1.807, 2.05) is 6.07 Å². The second kappa shape index (κ2) is 3.78. The van der Waals surface area contributed by atoms with E-state index in [1.165, 1.54) is 6.20 Å². The Kier molecular flexibility index (Phi) is 2.26. The van der Waals surface area contributed by atoms with Crippen molar-refractivity contribution in [3.8, 4) is 0 Å². The lowest BCUT2D eigenvalue weighted by Gasteiger charge is -2.16. The van der Waals surface area contributed by atoms with E-state index in [4.69, 9.17) is 5.11 Å². The Bertz CT molecular complexity index is 610. The molecule has 0 unspecified atom stereocenters. The van der Waals surface area contributed by atoms with E-state index in [1.54, 1.807) is 6.07 Å². The number of hydrogen-bond acceptors (Lipinski definition) is 4. The predicted octanol–water partition coefficient (Wildman–Crippen LogP) is 0.974. The molecule has 2 aromatic heterocycles. The third kappa shape index (κ3) is 1.74. The summed E-state index contributed by atoms with van der Waals surface area (Å²) >= 11 is 0. The zero-order valence-electron chi connectivity index (χ0n) is 9.10.